The van der Waals surface area contributed by atoms with Gasteiger partial charge in [-0.3, -0.25) is 9.59 Å². The van der Waals surface area contributed by atoms with Crippen LogP contribution in [-0.2, 0) is 0 Å². The zero-order valence-electron chi connectivity index (χ0n) is 24.8. The number of hydrogen-bond donors (Lipinski definition) is 2. The number of carbonyl (C=O) groups excluding carboxylic acids is 2. The summed E-state index contributed by atoms with van der Waals surface area (Å²) in [5, 5.41) is 4.46. The van der Waals surface area contributed by atoms with Gasteiger partial charge in [0.25, 0.3) is 0 Å². The molecule has 0 saturated heterocycles. The highest BCUT2D eigenvalue weighted by atomic mass is 16.5. The Morgan fingerprint density at radius 1 is 0.632 bits per heavy atom. The summed E-state index contributed by atoms with van der Waals surface area (Å²) >= 11 is 0. The zero-order chi connectivity index (χ0) is 28.3. The lowest BCUT2D eigenvalue weighted by molar-refractivity contribution is -0.721. The molecule has 0 aliphatic rings. The summed E-state index contributed by atoms with van der Waals surface area (Å²) in [6, 6.07) is 14.9. The van der Waals surface area contributed by atoms with E-state index in [1.807, 2.05) is 62.4 Å². The zero-order valence-corrected chi connectivity index (χ0v) is 24.8. The van der Waals surface area contributed by atoms with Crippen LogP contribution in [0.15, 0.2) is 48.5 Å². The number of ketones is 2. The van der Waals surface area contributed by atoms with Crippen molar-refractivity contribution in [2.24, 2.45) is 11.8 Å². The quantitative estimate of drug-likeness (QED) is 0.339. The lowest BCUT2D eigenvalue weighted by Crippen LogP contribution is -2.95. The van der Waals surface area contributed by atoms with Gasteiger partial charge in [0.05, 0.1) is 49.2 Å². The fourth-order valence-corrected chi connectivity index (χ4v) is 4.34. The predicted octanol–water partition coefficient (Wildman–Crippen LogP) is 4.29. The van der Waals surface area contributed by atoms with E-state index < -0.39 is 0 Å². The smallest absolute Gasteiger partial charge is 0.171 e. The van der Waals surface area contributed by atoms with Gasteiger partial charge in [0.15, 0.2) is 11.6 Å². The van der Waals surface area contributed by atoms with Crippen LogP contribution in [0.25, 0.3) is 0 Å². The molecule has 0 heterocycles. The molecule has 210 valence electrons. The lowest BCUT2D eigenvalue weighted by atomic mass is 9.85. The Hall–Kier alpha value is -2.70. The summed E-state index contributed by atoms with van der Waals surface area (Å²) in [5.74, 6) is 1.41. The van der Waals surface area contributed by atoms with Gasteiger partial charge in [0.2, 0.25) is 0 Å². The van der Waals surface area contributed by atoms with Crippen LogP contribution in [-0.4, -0.2) is 48.9 Å². The van der Waals surface area contributed by atoms with E-state index in [4.69, 9.17) is 9.47 Å². The number of benzene rings is 2. The summed E-state index contributed by atoms with van der Waals surface area (Å²) in [6.45, 7) is 19.4. The molecule has 0 aromatic heterocycles. The summed E-state index contributed by atoms with van der Waals surface area (Å²) < 4.78 is 11.1. The maximum absolute atomic E-state index is 13.6. The van der Waals surface area contributed by atoms with Crippen molar-refractivity contribution in [3.63, 3.8) is 0 Å². The molecule has 6 heteroatoms. The average molecular weight is 527 g/mol. The highest BCUT2D eigenvalue weighted by molar-refractivity contribution is 5.99. The Labute approximate surface area is 229 Å². The van der Waals surface area contributed by atoms with Crippen LogP contribution in [0.2, 0.25) is 0 Å². The number of rotatable bonds is 15. The Kier molecular flexibility index (Phi) is 12.0. The maximum atomic E-state index is 13.6. The van der Waals surface area contributed by atoms with Gasteiger partial charge in [-0.05, 0) is 117 Å². The van der Waals surface area contributed by atoms with Crippen LogP contribution in [0, 0.1) is 11.8 Å². The van der Waals surface area contributed by atoms with Crippen molar-refractivity contribution in [1.82, 2.24) is 0 Å². The van der Waals surface area contributed by atoms with Crippen LogP contribution in [0.5, 0.6) is 11.5 Å². The number of quaternary nitrogens is 2. The number of carbonyl (C=O) groups is 2. The van der Waals surface area contributed by atoms with Crippen LogP contribution in [0.4, 0.5) is 0 Å². The van der Waals surface area contributed by atoms with E-state index >= 15 is 0 Å². The van der Waals surface area contributed by atoms with Crippen LogP contribution < -0.4 is 20.1 Å². The van der Waals surface area contributed by atoms with Crippen LogP contribution in [0.1, 0.15) is 88.9 Å². The standard InChI is InChI=1S/C32H48N2O4/c1-9-37-27-17-13-23(14-18-27)29(35)25(21-33-31(3,4)5)11-12-26(22-34-32(6,7)8)30(36)24-15-19-28(20-16-24)38-10-2/h13-20,25-26,33-34H,9-12,21-22H2,1-8H3/p+2. The van der Waals surface area contributed by atoms with Gasteiger partial charge in [0, 0.05) is 11.1 Å². The first-order valence-corrected chi connectivity index (χ1v) is 14.1. The van der Waals surface area contributed by atoms with Gasteiger partial charge >= 0.3 is 0 Å². The van der Waals surface area contributed by atoms with Gasteiger partial charge in [-0.15, -0.1) is 0 Å². The molecule has 4 N–H and O–H groups in total. The van der Waals surface area contributed by atoms with E-state index in [0.717, 1.165) is 11.5 Å². The largest absolute Gasteiger partial charge is 0.494 e. The van der Waals surface area contributed by atoms with E-state index in [-0.39, 0.29) is 34.5 Å². The molecule has 0 amide bonds. The fourth-order valence-electron chi connectivity index (χ4n) is 4.34. The van der Waals surface area contributed by atoms with Gasteiger partial charge in [-0.2, -0.15) is 0 Å². The third-order valence-corrected chi connectivity index (χ3v) is 6.53. The Bertz CT molecular complexity index is 918. The molecule has 0 saturated carbocycles. The monoisotopic (exact) mass is 526 g/mol. The fraction of sp³-hybridized carbons (Fsp3) is 0.562. The maximum Gasteiger partial charge on any atom is 0.171 e. The molecule has 0 fully saturated rings. The minimum Gasteiger partial charge on any atom is -0.494 e. The molecule has 2 aromatic carbocycles. The van der Waals surface area contributed by atoms with Crippen LogP contribution in [0.3, 0.4) is 0 Å². The third-order valence-electron chi connectivity index (χ3n) is 6.53. The minimum atomic E-state index is -0.183. The highest BCUT2D eigenvalue weighted by Gasteiger charge is 2.30. The van der Waals surface area contributed by atoms with Gasteiger partial charge in [0.1, 0.15) is 11.5 Å². The summed E-state index contributed by atoms with van der Waals surface area (Å²) in [7, 11) is 0. The van der Waals surface area contributed by atoms with Crippen molar-refractivity contribution in [2.45, 2.75) is 79.3 Å². The molecule has 0 spiro atoms. The first-order chi connectivity index (χ1) is 17.8. The lowest BCUT2D eigenvalue weighted by Gasteiger charge is -2.25. The summed E-state index contributed by atoms with van der Waals surface area (Å²) in [6.07, 6.45) is 1.31. The molecule has 0 aliphatic heterocycles. The number of hydrogen-bond acceptors (Lipinski definition) is 4. The molecule has 2 unspecified atom stereocenters. The Morgan fingerprint density at radius 3 is 1.21 bits per heavy atom. The molecule has 2 atom stereocenters. The van der Waals surface area contributed by atoms with Gasteiger partial charge < -0.3 is 20.1 Å². The van der Waals surface area contributed by atoms with E-state index in [9.17, 15) is 9.59 Å². The number of Topliss-reactive ketones (excluding diaryl/α,β-unsaturated/α-hetero) is 2. The second-order valence-electron chi connectivity index (χ2n) is 12.2. The summed E-state index contributed by atoms with van der Waals surface area (Å²) in [4.78, 5) is 27.3. The first-order valence-electron chi connectivity index (χ1n) is 14.1. The number of nitrogens with two attached hydrogens (primary N) is 2. The third kappa shape index (κ3) is 11.0. The molecule has 2 aromatic rings. The average Bonchev–Trinajstić information content (AvgIpc) is 2.85. The predicted molar refractivity (Wildman–Crippen MR) is 153 cm³/mol. The topological polar surface area (TPSA) is 85.8 Å². The normalized spacial score (nSPS) is 13.6. The molecule has 6 nitrogen and oxygen atoms in total. The molecular formula is C32H50N2O4+2. The first kappa shape index (κ1) is 31.5. The van der Waals surface area contributed by atoms with E-state index in [2.05, 4.69) is 52.2 Å². The van der Waals surface area contributed by atoms with Crippen molar-refractivity contribution >= 4 is 11.6 Å². The van der Waals surface area contributed by atoms with Crippen molar-refractivity contribution in [3.8, 4) is 11.5 Å². The summed E-state index contributed by atoms with van der Waals surface area (Å²) in [5.41, 5.74) is 1.40. The van der Waals surface area contributed by atoms with Crippen molar-refractivity contribution in [1.29, 1.82) is 0 Å². The molecular weight excluding hydrogens is 476 g/mol. The molecule has 0 aliphatic carbocycles. The molecule has 0 bridgehead atoms. The second-order valence-corrected chi connectivity index (χ2v) is 12.2. The van der Waals surface area contributed by atoms with Gasteiger partial charge in [-0.1, -0.05) is 0 Å². The van der Waals surface area contributed by atoms with Crippen molar-refractivity contribution in [2.75, 3.05) is 26.3 Å². The Balaban J connectivity index is 2.24. The minimum absolute atomic E-state index is 0.00882. The van der Waals surface area contributed by atoms with E-state index in [1.165, 1.54) is 0 Å². The molecule has 0 radical (unpaired) electrons. The number of ether oxygens (including phenoxy) is 2. The highest BCUT2D eigenvalue weighted by Crippen LogP contribution is 2.22. The van der Waals surface area contributed by atoms with Gasteiger partial charge in [-0.25, -0.2) is 0 Å². The second kappa shape index (κ2) is 14.5. The molecule has 38 heavy (non-hydrogen) atoms. The van der Waals surface area contributed by atoms with Crippen molar-refractivity contribution in [3.05, 3.63) is 59.7 Å². The SMILES string of the molecule is CCOc1ccc(C(=O)C(CCC(C[NH2+]C(C)(C)C)C(=O)c2ccc(OCC)cc2)C[NH2+]C(C)(C)C)cc1. The van der Waals surface area contributed by atoms with E-state index in [0.29, 0.717) is 50.3 Å². The van der Waals surface area contributed by atoms with Crippen molar-refractivity contribution < 1.29 is 29.7 Å². The van der Waals surface area contributed by atoms with Crippen LogP contribution >= 0.6 is 0 Å². The molecule has 2 rings (SSSR count). The van der Waals surface area contributed by atoms with E-state index in [1.54, 1.807) is 0 Å². The Morgan fingerprint density at radius 2 is 0.947 bits per heavy atom.